The predicted octanol–water partition coefficient (Wildman–Crippen LogP) is 2.00. The molecular weight excluding hydrogens is 186 g/mol. The van der Waals surface area contributed by atoms with E-state index in [2.05, 4.69) is 14.9 Å². The van der Waals surface area contributed by atoms with E-state index in [0.717, 1.165) is 27.5 Å². The summed E-state index contributed by atoms with van der Waals surface area (Å²) in [6.45, 7) is 3.85. The van der Waals surface area contributed by atoms with Crippen molar-refractivity contribution >= 4 is 16.3 Å². The highest BCUT2D eigenvalue weighted by atomic mass is 32.1. The fourth-order valence-corrected chi connectivity index (χ4v) is 2.02. The van der Waals surface area contributed by atoms with Crippen molar-refractivity contribution in [2.24, 2.45) is 0 Å². The average molecular weight is 195 g/mol. The molecule has 0 amide bonds. The summed E-state index contributed by atoms with van der Waals surface area (Å²) < 4.78 is 4.63. The molecule has 0 atom stereocenters. The van der Waals surface area contributed by atoms with Crippen LogP contribution in [0.4, 0.5) is 5.00 Å². The van der Waals surface area contributed by atoms with Crippen LogP contribution in [-0.4, -0.2) is 10.3 Å². The van der Waals surface area contributed by atoms with Gasteiger partial charge in [0.15, 0.2) is 0 Å². The Morgan fingerprint density at radius 2 is 2.15 bits per heavy atom. The zero-order valence-corrected chi connectivity index (χ0v) is 8.18. The van der Waals surface area contributed by atoms with E-state index in [1.165, 1.54) is 11.3 Å². The minimum atomic E-state index is 0.747. The summed E-state index contributed by atoms with van der Waals surface area (Å²) in [5.41, 5.74) is 9.39. The molecule has 2 heterocycles. The van der Waals surface area contributed by atoms with Crippen LogP contribution in [0.1, 0.15) is 11.3 Å². The van der Waals surface area contributed by atoms with Crippen LogP contribution in [-0.2, 0) is 0 Å². The van der Waals surface area contributed by atoms with Crippen molar-refractivity contribution in [2.45, 2.75) is 13.8 Å². The standard InChI is InChI=1S/C8H9N3OS/c1-4-3-13-8(9)6(4)7-5(2)10-12-11-7/h3H,9H2,1-2H3. The molecule has 68 valence electrons. The molecule has 13 heavy (non-hydrogen) atoms. The Morgan fingerprint density at radius 1 is 1.38 bits per heavy atom. The van der Waals surface area contributed by atoms with Gasteiger partial charge in [-0.25, -0.2) is 4.63 Å². The summed E-state index contributed by atoms with van der Waals surface area (Å²) in [6, 6.07) is 0. The highest BCUT2D eigenvalue weighted by Crippen LogP contribution is 2.34. The maximum Gasteiger partial charge on any atom is 0.141 e. The van der Waals surface area contributed by atoms with Gasteiger partial charge in [0.05, 0.1) is 5.00 Å². The molecule has 0 aliphatic carbocycles. The Balaban J connectivity index is 2.64. The minimum Gasteiger partial charge on any atom is -0.390 e. The van der Waals surface area contributed by atoms with Gasteiger partial charge >= 0.3 is 0 Å². The van der Waals surface area contributed by atoms with Crippen molar-refractivity contribution in [2.75, 3.05) is 5.73 Å². The van der Waals surface area contributed by atoms with Crippen LogP contribution in [0.25, 0.3) is 11.3 Å². The average Bonchev–Trinajstić information content (AvgIpc) is 2.60. The number of nitrogens with two attached hydrogens (primary N) is 1. The molecule has 5 heteroatoms. The monoisotopic (exact) mass is 195 g/mol. The summed E-state index contributed by atoms with van der Waals surface area (Å²) >= 11 is 1.51. The largest absolute Gasteiger partial charge is 0.390 e. The molecule has 0 fully saturated rings. The third kappa shape index (κ3) is 1.21. The number of nitrogen functional groups attached to an aromatic ring is 1. The van der Waals surface area contributed by atoms with Crippen LogP contribution in [0.3, 0.4) is 0 Å². The van der Waals surface area contributed by atoms with Crippen LogP contribution in [0, 0.1) is 13.8 Å². The topological polar surface area (TPSA) is 64.9 Å². The lowest BCUT2D eigenvalue weighted by atomic mass is 10.1. The van der Waals surface area contributed by atoms with Gasteiger partial charge in [0.2, 0.25) is 0 Å². The minimum absolute atomic E-state index is 0.747. The van der Waals surface area contributed by atoms with Crippen molar-refractivity contribution in [3.8, 4) is 11.3 Å². The van der Waals surface area contributed by atoms with Crippen molar-refractivity contribution < 1.29 is 4.63 Å². The Hall–Kier alpha value is -1.36. The van der Waals surface area contributed by atoms with Gasteiger partial charge in [-0.3, -0.25) is 0 Å². The van der Waals surface area contributed by atoms with E-state index in [-0.39, 0.29) is 0 Å². The highest BCUT2D eigenvalue weighted by Gasteiger charge is 2.15. The first-order valence-corrected chi connectivity index (χ1v) is 4.71. The molecule has 0 unspecified atom stereocenters. The SMILES string of the molecule is Cc1csc(N)c1-c1nonc1C. The van der Waals surface area contributed by atoms with Gasteiger partial charge in [-0.1, -0.05) is 5.16 Å². The first kappa shape index (κ1) is 8.25. The van der Waals surface area contributed by atoms with E-state index in [9.17, 15) is 0 Å². The van der Waals surface area contributed by atoms with Gasteiger partial charge < -0.3 is 5.73 Å². The number of thiophene rings is 1. The second-order valence-corrected chi connectivity index (χ2v) is 3.77. The zero-order chi connectivity index (χ0) is 9.42. The van der Waals surface area contributed by atoms with Crippen LogP contribution >= 0.6 is 11.3 Å². The summed E-state index contributed by atoms with van der Waals surface area (Å²) in [7, 11) is 0. The third-order valence-corrected chi connectivity index (χ3v) is 2.82. The summed E-state index contributed by atoms with van der Waals surface area (Å²) in [4.78, 5) is 0. The molecule has 4 nitrogen and oxygen atoms in total. The highest BCUT2D eigenvalue weighted by molar-refractivity contribution is 7.14. The normalized spacial score (nSPS) is 10.6. The lowest BCUT2D eigenvalue weighted by molar-refractivity contribution is 0.306. The Kier molecular flexibility index (Phi) is 1.81. The van der Waals surface area contributed by atoms with Crippen molar-refractivity contribution in [3.63, 3.8) is 0 Å². The molecular formula is C8H9N3OS. The van der Waals surface area contributed by atoms with Crippen molar-refractivity contribution in [1.82, 2.24) is 10.3 Å². The van der Waals surface area contributed by atoms with E-state index in [4.69, 9.17) is 5.73 Å². The molecule has 2 N–H and O–H groups in total. The number of rotatable bonds is 1. The molecule has 0 aliphatic rings. The van der Waals surface area contributed by atoms with Gasteiger partial charge in [-0.2, -0.15) is 0 Å². The number of hydrogen-bond donors (Lipinski definition) is 1. The maximum absolute atomic E-state index is 5.81. The number of aryl methyl sites for hydroxylation is 2. The molecule has 0 saturated heterocycles. The fourth-order valence-electron chi connectivity index (χ4n) is 1.23. The molecule has 0 aromatic carbocycles. The molecule has 0 bridgehead atoms. The second kappa shape index (κ2) is 2.85. The second-order valence-electron chi connectivity index (χ2n) is 2.86. The molecule has 2 rings (SSSR count). The van der Waals surface area contributed by atoms with Gasteiger partial charge in [-0.15, -0.1) is 11.3 Å². The van der Waals surface area contributed by atoms with Crippen LogP contribution < -0.4 is 5.73 Å². The van der Waals surface area contributed by atoms with Gasteiger partial charge in [-0.05, 0) is 29.9 Å². The molecule has 0 saturated carbocycles. The fraction of sp³-hybridized carbons (Fsp3) is 0.250. The van der Waals surface area contributed by atoms with E-state index < -0.39 is 0 Å². The van der Waals surface area contributed by atoms with E-state index >= 15 is 0 Å². The summed E-state index contributed by atoms with van der Waals surface area (Å²) in [6.07, 6.45) is 0. The first-order chi connectivity index (χ1) is 6.20. The molecule has 0 radical (unpaired) electrons. The lowest BCUT2D eigenvalue weighted by Gasteiger charge is -1.95. The predicted molar refractivity (Wildman–Crippen MR) is 51.5 cm³/mol. The molecule has 0 aliphatic heterocycles. The third-order valence-electron chi connectivity index (χ3n) is 1.89. The van der Waals surface area contributed by atoms with Crippen LogP contribution in [0.5, 0.6) is 0 Å². The quantitative estimate of drug-likeness (QED) is 0.755. The number of anilines is 1. The van der Waals surface area contributed by atoms with E-state index in [1.807, 2.05) is 19.2 Å². The molecule has 2 aromatic rings. The smallest absolute Gasteiger partial charge is 0.141 e. The number of aromatic nitrogens is 2. The van der Waals surface area contributed by atoms with Crippen molar-refractivity contribution in [3.05, 3.63) is 16.6 Å². The zero-order valence-electron chi connectivity index (χ0n) is 7.37. The van der Waals surface area contributed by atoms with Gasteiger partial charge in [0.25, 0.3) is 0 Å². The van der Waals surface area contributed by atoms with Crippen LogP contribution in [0.2, 0.25) is 0 Å². The van der Waals surface area contributed by atoms with Crippen LogP contribution in [0.15, 0.2) is 10.0 Å². The first-order valence-electron chi connectivity index (χ1n) is 3.83. The Morgan fingerprint density at radius 3 is 2.62 bits per heavy atom. The molecule has 2 aromatic heterocycles. The Bertz CT molecular complexity index is 413. The van der Waals surface area contributed by atoms with E-state index in [0.29, 0.717) is 0 Å². The van der Waals surface area contributed by atoms with Crippen molar-refractivity contribution in [1.29, 1.82) is 0 Å². The van der Waals surface area contributed by atoms with Gasteiger partial charge in [0, 0.05) is 5.56 Å². The molecule has 0 spiro atoms. The Labute approximate surface area is 79.3 Å². The summed E-state index contributed by atoms with van der Waals surface area (Å²) in [5.74, 6) is 0. The summed E-state index contributed by atoms with van der Waals surface area (Å²) in [5, 5.41) is 10.3. The lowest BCUT2D eigenvalue weighted by Crippen LogP contribution is -1.87. The van der Waals surface area contributed by atoms with E-state index in [1.54, 1.807) is 0 Å². The maximum atomic E-state index is 5.81. The number of hydrogen-bond acceptors (Lipinski definition) is 5. The number of nitrogens with zero attached hydrogens (tertiary/aromatic N) is 2. The van der Waals surface area contributed by atoms with Gasteiger partial charge in [0.1, 0.15) is 11.4 Å².